The van der Waals surface area contributed by atoms with Crippen molar-refractivity contribution in [3.63, 3.8) is 0 Å². The molecule has 0 aliphatic heterocycles. The first-order valence-electron chi connectivity index (χ1n) is 2.44. The molecule has 3 nitrogen and oxygen atoms in total. The van der Waals surface area contributed by atoms with Crippen LogP contribution in [-0.4, -0.2) is 30.5 Å². The van der Waals surface area contributed by atoms with Gasteiger partial charge in [0, 0.05) is 13.1 Å². The smallest absolute Gasteiger partial charge is 0.139 e. The Morgan fingerprint density at radius 3 is 2.00 bits per heavy atom. The molecule has 0 aromatic heterocycles. The highest BCUT2D eigenvalue weighted by Crippen LogP contribution is 1.92. The van der Waals surface area contributed by atoms with Crippen LogP contribution in [0.1, 0.15) is 0 Å². The maximum atomic E-state index is 12.1. The van der Waals surface area contributed by atoms with Crippen molar-refractivity contribution in [3.8, 4) is 0 Å². The highest BCUT2D eigenvalue weighted by molar-refractivity contribution is 4.67. The van der Waals surface area contributed by atoms with Gasteiger partial charge in [-0.1, -0.05) is 0 Å². The minimum Gasteiger partial charge on any atom is -0.389 e. The van der Waals surface area contributed by atoms with Crippen molar-refractivity contribution in [1.82, 2.24) is 0 Å². The molecule has 0 aliphatic rings. The molecule has 0 amide bonds. The Bertz CT molecular complexity index is 54.0. The summed E-state index contributed by atoms with van der Waals surface area (Å²) >= 11 is 0. The zero-order chi connectivity index (χ0) is 6.57. The molecule has 5 N–H and O–H groups in total. The average molecular weight is 122 g/mol. The van der Waals surface area contributed by atoms with Gasteiger partial charge in [0.15, 0.2) is 0 Å². The van der Waals surface area contributed by atoms with E-state index in [-0.39, 0.29) is 13.1 Å². The van der Waals surface area contributed by atoms with E-state index in [0.717, 1.165) is 0 Å². The lowest BCUT2D eigenvalue weighted by atomic mass is 10.2. The summed E-state index contributed by atoms with van der Waals surface area (Å²) in [6, 6.07) is 0. The number of aliphatic hydroxyl groups is 1. The predicted molar refractivity (Wildman–Crippen MR) is 29.0 cm³/mol. The fourth-order valence-corrected chi connectivity index (χ4v) is 0.305. The van der Waals surface area contributed by atoms with E-state index in [1.54, 1.807) is 0 Å². The highest BCUT2D eigenvalue weighted by atomic mass is 19.1. The van der Waals surface area contributed by atoms with Crippen LogP contribution in [0.4, 0.5) is 4.39 Å². The Balaban J connectivity index is 3.29. The molecule has 2 unspecified atom stereocenters. The van der Waals surface area contributed by atoms with Gasteiger partial charge in [-0.15, -0.1) is 0 Å². The molecular formula is C4H11FN2O. The van der Waals surface area contributed by atoms with Gasteiger partial charge in [0.1, 0.15) is 6.17 Å². The number of hydrogen-bond acceptors (Lipinski definition) is 3. The largest absolute Gasteiger partial charge is 0.389 e. The van der Waals surface area contributed by atoms with Crippen LogP contribution in [0.15, 0.2) is 0 Å². The van der Waals surface area contributed by atoms with E-state index in [9.17, 15) is 4.39 Å². The first-order valence-corrected chi connectivity index (χ1v) is 2.44. The lowest BCUT2D eigenvalue weighted by molar-refractivity contribution is 0.0894. The molecule has 50 valence electrons. The molecule has 0 saturated heterocycles. The quantitative estimate of drug-likeness (QED) is 0.431. The van der Waals surface area contributed by atoms with Gasteiger partial charge >= 0.3 is 0 Å². The van der Waals surface area contributed by atoms with Gasteiger partial charge in [-0.05, 0) is 0 Å². The number of alkyl halides is 1. The van der Waals surface area contributed by atoms with Gasteiger partial charge in [0.05, 0.1) is 6.10 Å². The van der Waals surface area contributed by atoms with E-state index in [1.165, 1.54) is 0 Å². The van der Waals surface area contributed by atoms with E-state index >= 15 is 0 Å². The van der Waals surface area contributed by atoms with Crippen LogP contribution in [0.3, 0.4) is 0 Å². The molecule has 0 aromatic rings. The summed E-state index contributed by atoms with van der Waals surface area (Å²) in [6.07, 6.45) is -2.47. The molecule has 0 fully saturated rings. The first kappa shape index (κ1) is 7.81. The molecule has 0 spiro atoms. The van der Waals surface area contributed by atoms with E-state index in [1.807, 2.05) is 0 Å². The minimum atomic E-state index is -1.38. The monoisotopic (exact) mass is 122 g/mol. The second-order valence-electron chi connectivity index (χ2n) is 1.55. The molecular weight excluding hydrogens is 111 g/mol. The molecule has 0 aromatic carbocycles. The van der Waals surface area contributed by atoms with Gasteiger partial charge in [0.2, 0.25) is 0 Å². The number of rotatable bonds is 3. The van der Waals surface area contributed by atoms with E-state index < -0.39 is 12.3 Å². The van der Waals surface area contributed by atoms with E-state index in [0.29, 0.717) is 0 Å². The topological polar surface area (TPSA) is 72.3 Å². The van der Waals surface area contributed by atoms with Crippen LogP contribution < -0.4 is 11.5 Å². The van der Waals surface area contributed by atoms with Crippen molar-refractivity contribution >= 4 is 0 Å². The highest BCUT2D eigenvalue weighted by Gasteiger charge is 2.13. The normalized spacial score (nSPS) is 18.0. The van der Waals surface area contributed by atoms with Crippen molar-refractivity contribution in [1.29, 1.82) is 0 Å². The van der Waals surface area contributed by atoms with Crippen LogP contribution in [0.2, 0.25) is 0 Å². The third-order valence-corrected chi connectivity index (χ3v) is 0.884. The molecule has 4 heteroatoms. The molecule has 0 saturated carbocycles. The molecule has 8 heavy (non-hydrogen) atoms. The lowest BCUT2D eigenvalue weighted by Gasteiger charge is -2.09. The van der Waals surface area contributed by atoms with Crippen LogP contribution in [0.25, 0.3) is 0 Å². The van der Waals surface area contributed by atoms with Gasteiger partial charge < -0.3 is 16.6 Å². The van der Waals surface area contributed by atoms with Crippen molar-refractivity contribution in [2.75, 3.05) is 13.1 Å². The van der Waals surface area contributed by atoms with E-state index in [4.69, 9.17) is 16.6 Å². The summed E-state index contributed by atoms with van der Waals surface area (Å²) in [6.45, 7) is -0.239. The summed E-state index contributed by atoms with van der Waals surface area (Å²) in [5, 5.41) is 8.55. The molecule has 0 aliphatic carbocycles. The van der Waals surface area contributed by atoms with Gasteiger partial charge in [-0.3, -0.25) is 0 Å². The third-order valence-electron chi connectivity index (χ3n) is 0.884. The Morgan fingerprint density at radius 1 is 1.38 bits per heavy atom. The number of hydrogen-bond donors (Lipinski definition) is 3. The third kappa shape index (κ3) is 2.20. The van der Waals surface area contributed by atoms with E-state index in [2.05, 4.69) is 0 Å². The molecule has 0 rings (SSSR count). The van der Waals surface area contributed by atoms with Crippen molar-refractivity contribution in [3.05, 3.63) is 0 Å². The van der Waals surface area contributed by atoms with Gasteiger partial charge in [0.25, 0.3) is 0 Å². The second kappa shape index (κ2) is 3.77. The van der Waals surface area contributed by atoms with Crippen molar-refractivity contribution in [2.45, 2.75) is 12.3 Å². The maximum absolute atomic E-state index is 12.1. The van der Waals surface area contributed by atoms with Crippen LogP contribution in [0, 0.1) is 0 Å². The fraction of sp³-hybridized carbons (Fsp3) is 1.00. The number of halogens is 1. The summed E-state index contributed by atoms with van der Waals surface area (Å²) in [5.74, 6) is 0. The van der Waals surface area contributed by atoms with Crippen LogP contribution in [-0.2, 0) is 0 Å². The van der Waals surface area contributed by atoms with Crippen molar-refractivity contribution < 1.29 is 9.50 Å². The zero-order valence-corrected chi connectivity index (χ0v) is 4.55. The Hall–Kier alpha value is -0.190. The molecule has 0 heterocycles. The van der Waals surface area contributed by atoms with Crippen LogP contribution in [0.5, 0.6) is 0 Å². The number of nitrogens with two attached hydrogens (primary N) is 2. The standard InChI is InChI=1S/C4H11FN2O/c5-3(1-6)4(8)2-7/h3-4,8H,1-2,6-7H2. The molecule has 2 atom stereocenters. The predicted octanol–water partition coefficient (Wildman–Crippen LogP) is -1.40. The SMILES string of the molecule is NCC(O)C(F)CN. The number of aliphatic hydroxyl groups excluding tert-OH is 1. The Labute approximate surface area is 47.5 Å². The average Bonchev–Trinajstić information content (AvgIpc) is 1.84. The second-order valence-corrected chi connectivity index (χ2v) is 1.55. The molecule has 0 radical (unpaired) electrons. The summed E-state index contributed by atoms with van der Waals surface area (Å²) in [4.78, 5) is 0. The Morgan fingerprint density at radius 2 is 1.88 bits per heavy atom. The van der Waals surface area contributed by atoms with Crippen LogP contribution >= 0.6 is 0 Å². The maximum Gasteiger partial charge on any atom is 0.139 e. The summed E-state index contributed by atoms with van der Waals surface area (Å²) in [5.41, 5.74) is 9.76. The summed E-state index contributed by atoms with van der Waals surface area (Å²) < 4.78 is 12.1. The van der Waals surface area contributed by atoms with Gasteiger partial charge in [-0.2, -0.15) is 0 Å². The zero-order valence-electron chi connectivity index (χ0n) is 4.55. The molecule has 0 bridgehead atoms. The first-order chi connectivity index (χ1) is 3.72. The van der Waals surface area contributed by atoms with Gasteiger partial charge in [-0.25, -0.2) is 4.39 Å². The van der Waals surface area contributed by atoms with Crippen molar-refractivity contribution in [2.24, 2.45) is 11.5 Å². The summed E-state index contributed by atoms with van der Waals surface area (Å²) in [7, 11) is 0. The fourth-order valence-electron chi connectivity index (χ4n) is 0.305. The minimum absolute atomic E-state index is 0.0711. The lowest BCUT2D eigenvalue weighted by Crippen LogP contribution is -2.35. The Kier molecular flexibility index (Phi) is 3.68.